The summed E-state index contributed by atoms with van der Waals surface area (Å²) in [6.45, 7) is 0. The Morgan fingerprint density at radius 1 is 1.00 bits per heavy atom. The summed E-state index contributed by atoms with van der Waals surface area (Å²) in [7, 11) is 0. The minimum atomic E-state index is 0.144. The summed E-state index contributed by atoms with van der Waals surface area (Å²) in [6, 6.07) is 5.36. The maximum Gasteiger partial charge on any atom is 0.167 e. The maximum absolute atomic E-state index is 12.7. The third-order valence-electron chi connectivity index (χ3n) is 5.13. The highest BCUT2D eigenvalue weighted by molar-refractivity contribution is 6.43. The molecule has 1 aromatic carbocycles. The van der Waals surface area contributed by atoms with E-state index in [0.29, 0.717) is 15.6 Å². The number of rotatable bonds is 2. The summed E-state index contributed by atoms with van der Waals surface area (Å²) < 4.78 is 0. The van der Waals surface area contributed by atoms with Crippen LogP contribution in [0.4, 0.5) is 0 Å². The van der Waals surface area contributed by atoms with E-state index < -0.39 is 0 Å². The minimum absolute atomic E-state index is 0.144. The van der Waals surface area contributed by atoms with E-state index in [2.05, 4.69) is 0 Å². The Morgan fingerprint density at radius 3 is 2.55 bits per heavy atom. The summed E-state index contributed by atoms with van der Waals surface area (Å²) in [5.41, 5.74) is 0.610. The molecule has 2 aliphatic rings. The van der Waals surface area contributed by atoms with Crippen LogP contribution in [0.15, 0.2) is 18.2 Å². The molecule has 2 saturated carbocycles. The van der Waals surface area contributed by atoms with Crippen molar-refractivity contribution < 1.29 is 4.79 Å². The highest BCUT2D eigenvalue weighted by atomic mass is 35.5. The van der Waals surface area contributed by atoms with Crippen LogP contribution in [0.25, 0.3) is 0 Å². The quantitative estimate of drug-likeness (QED) is 0.632. The molecule has 3 heteroatoms. The maximum atomic E-state index is 12.7. The molecule has 3 atom stereocenters. The molecule has 1 nitrogen and oxygen atoms in total. The number of carbonyl (C=O) groups excluding carboxylic acids is 1. The predicted octanol–water partition coefficient (Wildman–Crippen LogP) is 5.78. The van der Waals surface area contributed by atoms with Crippen LogP contribution in [0.5, 0.6) is 0 Å². The molecule has 0 radical (unpaired) electrons. The van der Waals surface area contributed by atoms with Crippen LogP contribution in [0, 0.1) is 17.8 Å². The van der Waals surface area contributed by atoms with Gasteiger partial charge >= 0.3 is 0 Å². The van der Waals surface area contributed by atoms with Gasteiger partial charge in [0.25, 0.3) is 0 Å². The lowest BCUT2D eigenvalue weighted by Crippen LogP contribution is -2.31. The molecular weight excluding hydrogens is 291 g/mol. The molecule has 2 fully saturated rings. The van der Waals surface area contributed by atoms with Crippen LogP contribution in [0.2, 0.25) is 10.0 Å². The zero-order valence-corrected chi connectivity index (χ0v) is 13.1. The van der Waals surface area contributed by atoms with Gasteiger partial charge in [-0.2, -0.15) is 0 Å². The van der Waals surface area contributed by atoms with Crippen molar-refractivity contribution in [1.82, 2.24) is 0 Å². The first kappa shape index (κ1) is 14.4. The predicted molar refractivity (Wildman–Crippen MR) is 83.6 cm³/mol. The van der Waals surface area contributed by atoms with Gasteiger partial charge < -0.3 is 0 Å². The van der Waals surface area contributed by atoms with Gasteiger partial charge in [0.2, 0.25) is 0 Å². The highest BCUT2D eigenvalue weighted by Crippen LogP contribution is 2.44. The highest BCUT2D eigenvalue weighted by Gasteiger charge is 2.35. The van der Waals surface area contributed by atoms with Gasteiger partial charge in [0.05, 0.1) is 10.0 Å². The molecule has 0 bridgehead atoms. The van der Waals surface area contributed by atoms with Crippen molar-refractivity contribution in [3.05, 3.63) is 33.8 Å². The molecule has 2 aliphatic carbocycles. The standard InChI is InChI=1S/C17H20Cl2O/c18-15-7-3-6-14(16(15)19)17(20)13-9-8-11-4-1-2-5-12(11)10-13/h3,6-7,11-13H,1-2,4-5,8-10H2. The third-order valence-corrected chi connectivity index (χ3v) is 5.95. The van der Waals surface area contributed by atoms with E-state index in [-0.39, 0.29) is 11.7 Å². The molecule has 0 saturated heterocycles. The van der Waals surface area contributed by atoms with Crippen molar-refractivity contribution in [2.45, 2.75) is 44.9 Å². The summed E-state index contributed by atoms with van der Waals surface area (Å²) in [5.74, 6) is 1.96. The van der Waals surface area contributed by atoms with Crippen molar-refractivity contribution in [1.29, 1.82) is 0 Å². The number of fused-ring (bicyclic) bond motifs is 1. The average Bonchev–Trinajstić information content (AvgIpc) is 2.49. The number of hydrogen-bond acceptors (Lipinski definition) is 1. The van der Waals surface area contributed by atoms with E-state index in [1.54, 1.807) is 6.07 Å². The third kappa shape index (κ3) is 2.76. The zero-order chi connectivity index (χ0) is 14.1. The molecule has 3 unspecified atom stereocenters. The van der Waals surface area contributed by atoms with Crippen molar-refractivity contribution in [3.63, 3.8) is 0 Å². The van der Waals surface area contributed by atoms with Crippen molar-refractivity contribution >= 4 is 29.0 Å². The fraction of sp³-hybridized carbons (Fsp3) is 0.588. The number of Topliss-reactive ketones (excluding diaryl/α,β-unsaturated/α-hetero) is 1. The first-order valence-corrected chi connectivity index (χ1v) is 8.40. The van der Waals surface area contributed by atoms with Gasteiger partial charge in [-0.05, 0) is 43.2 Å². The molecule has 0 aliphatic heterocycles. The second-order valence-corrected chi connectivity index (χ2v) is 7.07. The lowest BCUT2D eigenvalue weighted by molar-refractivity contribution is 0.0763. The Hall–Kier alpha value is -0.530. The van der Waals surface area contributed by atoms with Gasteiger partial charge in [-0.15, -0.1) is 0 Å². The number of ketones is 1. The van der Waals surface area contributed by atoms with E-state index in [4.69, 9.17) is 23.2 Å². The summed E-state index contributed by atoms with van der Waals surface area (Å²) in [5, 5.41) is 0.897. The number of benzene rings is 1. The largest absolute Gasteiger partial charge is 0.294 e. The van der Waals surface area contributed by atoms with Gasteiger partial charge in [0, 0.05) is 11.5 Å². The van der Waals surface area contributed by atoms with Crippen LogP contribution >= 0.6 is 23.2 Å². The van der Waals surface area contributed by atoms with Crippen LogP contribution in [0.3, 0.4) is 0 Å². The van der Waals surface area contributed by atoms with E-state index in [1.807, 2.05) is 12.1 Å². The monoisotopic (exact) mass is 310 g/mol. The molecular formula is C17H20Cl2O. The van der Waals surface area contributed by atoms with Crippen LogP contribution < -0.4 is 0 Å². The Morgan fingerprint density at radius 2 is 1.75 bits per heavy atom. The van der Waals surface area contributed by atoms with E-state index in [0.717, 1.165) is 24.7 Å². The Balaban J connectivity index is 1.76. The van der Waals surface area contributed by atoms with Crippen molar-refractivity contribution in [2.75, 3.05) is 0 Å². The van der Waals surface area contributed by atoms with Gasteiger partial charge in [0.1, 0.15) is 0 Å². The Labute approximate surface area is 130 Å². The van der Waals surface area contributed by atoms with Crippen LogP contribution in [0.1, 0.15) is 55.3 Å². The SMILES string of the molecule is O=C(c1cccc(Cl)c1Cl)C1CCC2CCCCC2C1. The Bertz CT molecular complexity index is 512. The van der Waals surface area contributed by atoms with E-state index >= 15 is 0 Å². The van der Waals surface area contributed by atoms with Gasteiger partial charge in [-0.1, -0.05) is 55.0 Å². The topological polar surface area (TPSA) is 17.1 Å². The van der Waals surface area contributed by atoms with Gasteiger partial charge in [-0.3, -0.25) is 4.79 Å². The van der Waals surface area contributed by atoms with Gasteiger partial charge in [0.15, 0.2) is 5.78 Å². The van der Waals surface area contributed by atoms with Gasteiger partial charge in [-0.25, -0.2) is 0 Å². The molecule has 20 heavy (non-hydrogen) atoms. The van der Waals surface area contributed by atoms with Crippen molar-refractivity contribution in [2.24, 2.45) is 17.8 Å². The van der Waals surface area contributed by atoms with E-state index in [1.165, 1.54) is 32.1 Å². The zero-order valence-electron chi connectivity index (χ0n) is 11.6. The molecule has 0 heterocycles. The van der Waals surface area contributed by atoms with E-state index in [9.17, 15) is 4.79 Å². The van der Waals surface area contributed by atoms with Crippen molar-refractivity contribution in [3.8, 4) is 0 Å². The Kier molecular flexibility index (Phi) is 4.37. The summed E-state index contributed by atoms with van der Waals surface area (Å²) in [4.78, 5) is 12.7. The fourth-order valence-corrected chi connectivity index (χ4v) is 4.42. The molecule has 0 aromatic heterocycles. The van der Waals surface area contributed by atoms with Crippen LogP contribution in [-0.2, 0) is 0 Å². The van der Waals surface area contributed by atoms with Crippen LogP contribution in [-0.4, -0.2) is 5.78 Å². The second-order valence-electron chi connectivity index (χ2n) is 6.28. The number of carbonyl (C=O) groups is 1. The number of hydrogen-bond donors (Lipinski definition) is 0. The molecule has 3 rings (SSSR count). The lowest BCUT2D eigenvalue weighted by Gasteiger charge is -2.38. The second kappa shape index (κ2) is 6.07. The fourth-order valence-electron chi connectivity index (χ4n) is 4.03. The molecule has 0 N–H and O–H groups in total. The molecule has 1 aromatic rings. The summed E-state index contributed by atoms with van der Waals surface area (Å²) in [6.07, 6.45) is 8.65. The molecule has 108 valence electrons. The average molecular weight is 311 g/mol. The molecule has 0 spiro atoms. The first-order chi connectivity index (χ1) is 9.66. The molecule has 0 amide bonds. The summed E-state index contributed by atoms with van der Waals surface area (Å²) >= 11 is 12.2. The smallest absolute Gasteiger partial charge is 0.167 e. The lowest BCUT2D eigenvalue weighted by atomic mass is 9.66. The normalized spacial score (nSPS) is 29.8. The first-order valence-electron chi connectivity index (χ1n) is 7.65. The number of halogens is 2. The minimum Gasteiger partial charge on any atom is -0.294 e.